The van der Waals surface area contributed by atoms with E-state index < -0.39 is 0 Å². The van der Waals surface area contributed by atoms with Gasteiger partial charge in [0.25, 0.3) is 11.5 Å². The molecule has 7 nitrogen and oxygen atoms in total. The van der Waals surface area contributed by atoms with Crippen molar-refractivity contribution in [3.63, 3.8) is 0 Å². The quantitative estimate of drug-likeness (QED) is 0.737. The smallest absolute Gasteiger partial charge is 0.263 e. The summed E-state index contributed by atoms with van der Waals surface area (Å²) in [6, 6.07) is 9.09. The zero-order valence-electron chi connectivity index (χ0n) is 15.9. The van der Waals surface area contributed by atoms with Crippen LogP contribution in [0.4, 0.5) is 0 Å². The van der Waals surface area contributed by atoms with Crippen LogP contribution in [0, 0.1) is 0 Å². The van der Waals surface area contributed by atoms with Gasteiger partial charge in [-0.3, -0.25) is 19.3 Å². The first-order valence-corrected chi connectivity index (χ1v) is 9.59. The van der Waals surface area contributed by atoms with Crippen molar-refractivity contribution in [2.75, 3.05) is 6.54 Å². The second-order valence-electron chi connectivity index (χ2n) is 7.01. The number of aryl methyl sites for hydroxylation is 1. The van der Waals surface area contributed by atoms with Crippen molar-refractivity contribution < 1.29 is 4.79 Å². The molecule has 0 saturated heterocycles. The Labute approximate surface area is 163 Å². The van der Waals surface area contributed by atoms with Gasteiger partial charge >= 0.3 is 0 Å². The van der Waals surface area contributed by atoms with E-state index in [1.807, 2.05) is 22.9 Å². The van der Waals surface area contributed by atoms with Crippen molar-refractivity contribution in [1.29, 1.82) is 0 Å². The van der Waals surface area contributed by atoms with Gasteiger partial charge in [0.2, 0.25) is 0 Å². The number of nitrogens with one attached hydrogen (secondary N) is 1. The Morgan fingerprint density at radius 1 is 1.18 bits per heavy atom. The molecule has 3 aromatic rings. The lowest BCUT2D eigenvalue weighted by Gasteiger charge is -2.14. The zero-order valence-corrected chi connectivity index (χ0v) is 15.9. The molecule has 0 spiro atoms. The molecule has 0 fully saturated rings. The normalized spacial score (nSPS) is 13.2. The van der Waals surface area contributed by atoms with Gasteiger partial charge < -0.3 is 9.88 Å². The molecule has 3 aromatic heterocycles. The van der Waals surface area contributed by atoms with Gasteiger partial charge in [-0.05, 0) is 49.9 Å². The highest BCUT2D eigenvalue weighted by Crippen LogP contribution is 2.30. The number of carbonyl (C=O) groups is 1. The summed E-state index contributed by atoms with van der Waals surface area (Å²) < 4.78 is 3.39. The SMILES string of the molecule is Cn1cccc(C(=O)NCCn2nc(-c3ccccn3)c3c2CCCC3)c1=O. The van der Waals surface area contributed by atoms with E-state index >= 15 is 0 Å². The van der Waals surface area contributed by atoms with Gasteiger partial charge in [0, 0.05) is 37.2 Å². The number of hydrogen-bond donors (Lipinski definition) is 1. The van der Waals surface area contributed by atoms with Crippen LogP contribution in [0.25, 0.3) is 11.4 Å². The van der Waals surface area contributed by atoms with Crippen molar-refractivity contribution in [3.8, 4) is 11.4 Å². The van der Waals surface area contributed by atoms with Crippen molar-refractivity contribution in [1.82, 2.24) is 24.6 Å². The van der Waals surface area contributed by atoms with Gasteiger partial charge in [-0.15, -0.1) is 0 Å². The van der Waals surface area contributed by atoms with E-state index in [1.165, 1.54) is 15.8 Å². The molecule has 0 aromatic carbocycles. The van der Waals surface area contributed by atoms with Gasteiger partial charge in [-0.2, -0.15) is 5.10 Å². The van der Waals surface area contributed by atoms with Crippen LogP contribution in [0.1, 0.15) is 34.5 Å². The number of fused-ring (bicyclic) bond motifs is 1. The van der Waals surface area contributed by atoms with Crippen LogP contribution in [0.3, 0.4) is 0 Å². The number of aromatic nitrogens is 4. The molecule has 0 bridgehead atoms. The summed E-state index contributed by atoms with van der Waals surface area (Å²) >= 11 is 0. The molecule has 7 heteroatoms. The molecular formula is C21H23N5O2. The lowest BCUT2D eigenvalue weighted by Crippen LogP contribution is -2.34. The predicted octanol–water partition coefficient (Wildman–Crippen LogP) is 1.95. The van der Waals surface area contributed by atoms with E-state index in [1.54, 1.807) is 31.6 Å². The number of rotatable bonds is 5. The molecule has 1 N–H and O–H groups in total. The van der Waals surface area contributed by atoms with Crippen molar-refractivity contribution in [3.05, 3.63) is 69.9 Å². The summed E-state index contributed by atoms with van der Waals surface area (Å²) in [5.74, 6) is -0.354. The van der Waals surface area contributed by atoms with E-state index in [-0.39, 0.29) is 17.0 Å². The van der Waals surface area contributed by atoms with Crippen LogP contribution in [0.5, 0.6) is 0 Å². The molecule has 1 amide bonds. The second-order valence-corrected chi connectivity index (χ2v) is 7.01. The molecule has 144 valence electrons. The Balaban J connectivity index is 1.51. The number of carbonyl (C=O) groups excluding carboxylic acids is 1. The Hall–Kier alpha value is -3.22. The number of amides is 1. The fourth-order valence-corrected chi connectivity index (χ4v) is 3.71. The molecular weight excluding hydrogens is 354 g/mol. The molecule has 0 unspecified atom stereocenters. The maximum atomic E-state index is 12.4. The van der Waals surface area contributed by atoms with E-state index in [0.717, 1.165) is 37.1 Å². The first-order valence-electron chi connectivity index (χ1n) is 9.59. The molecule has 0 saturated carbocycles. The molecule has 3 heterocycles. The highest BCUT2D eigenvalue weighted by molar-refractivity contribution is 5.93. The predicted molar refractivity (Wildman–Crippen MR) is 106 cm³/mol. The molecule has 0 atom stereocenters. The van der Waals surface area contributed by atoms with Crippen LogP contribution in [-0.4, -0.2) is 31.8 Å². The minimum Gasteiger partial charge on any atom is -0.350 e. The highest BCUT2D eigenvalue weighted by Gasteiger charge is 2.22. The fourth-order valence-electron chi connectivity index (χ4n) is 3.71. The monoisotopic (exact) mass is 377 g/mol. The van der Waals surface area contributed by atoms with Crippen LogP contribution < -0.4 is 10.9 Å². The second kappa shape index (κ2) is 7.80. The summed E-state index contributed by atoms with van der Waals surface area (Å²) in [7, 11) is 1.63. The largest absolute Gasteiger partial charge is 0.350 e. The van der Waals surface area contributed by atoms with Gasteiger partial charge in [-0.1, -0.05) is 6.07 Å². The minimum atomic E-state index is -0.354. The summed E-state index contributed by atoms with van der Waals surface area (Å²) in [6.45, 7) is 0.973. The van der Waals surface area contributed by atoms with Crippen LogP contribution >= 0.6 is 0 Å². The van der Waals surface area contributed by atoms with E-state index in [4.69, 9.17) is 5.10 Å². The van der Waals surface area contributed by atoms with Gasteiger partial charge in [0.1, 0.15) is 11.3 Å². The average molecular weight is 377 g/mol. The molecule has 0 aliphatic heterocycles. The Kier molecular flexibility index (Phi) is 5.06. The summed E-state index contributed by atoms with van der Waals surface area (Å²) in [5.41, 5.74) is 4.19. The molecule has 1 aliphatic carbocycles. The Bertz CT molecular complexity index is 1050. The number of pyridine rings is 2. The third kappa shape index (κ3) is 3.47. The molecule has 0 radical (unpaired) electrons. The molecule has 4 rings (SSSR count). The molecule has 1 aliphatic rings. The third-order valence-corrected chi connectivity index (χ3v) is 5.14. The lowest BCUT2D eigenvalue weighted by atomic mass is 9.95. The summed E-state index contributed by atoms with van der Waals surface area (Å²) in [5, 5.41) is 7.64. The summed E-state index contributed by atoms with van der Waals surface area (Å²) in [6.07, 6.45) is 7.72. The first-order chi connectivity index (χ1) is 13.6. The van der Waals surface area contributed by atoms with E-state index in [9.17, 15) is 9.59 Å². The van der Waals surface area contributed by atoms with Crippen molar-refractivity contribution in [2.24, 2.45) is 7.05 Å². The van der Waals surface area contributed by atoms with E-state index in [0.29, 0.717) is 13.1 Å². The highest BCUT2D eigenvalue weighted by atomic mass is 16.2. The third-order valence-electron chi connectivity index (χ3n) is 5.14. The Morgan fingerprint density at radius 3 is 2.86 bits per heavy atom. The van der Waals surface area contributed by atoms with Crippen LogP contribution in [0.15, 0.2) is 47.5 Å². The van der Waals surface area contributed by atoms with Crippen molar-refractivity contribution >= 4 is 5.91 Å². The van der Waals surface area contributed by atoms with Crippen molar-refractivity contribution in [2.45, 2.75) is 32.2 Å². The maximum Gasteiger partial charge on any atom is 0.263 e. The fraction of sp³-hybridized carbons (Fsp3) is 0.333. The topological polar surface area (TPSA) is 81.8 Å². The van der Waals surface area contributed by atoms with E-state index in [2.05, 4.69) is 10.3 Å². The maximum absolute atomic E-state index is 12.4. The molecule has 28 heavy (non-hydrogen) atoms. The van der Waals surface area contributed by atoms with Crippen LogP contribution in [-0.2, 0) is 26.4 Å². The van der Waals surface area contributed by atoms with Gasteiger partial charge in [0.05, 0.1) is 12.2 Å². The van der Waals surface area contributed by atoms with Gasteiger partial charge in [-0.25, -0.2) is 0 Å². The standard InChI is InChI=1S/C21H23N5O2/c1-25-13-6-8-16(21(25)28)20(27)23-12-14-26-18-10-3-2-7-15(18)19(24-26)17-9-4-5-11-22-17/h4-6,8-9,11,13H,2-3,7,10,12,14H2,1H3,(H,23,27). The number of nitrogens with zero attached hydrogens (tertiary/aromatic N) is 4. The Morgan fingerprint density at radius 2 is 2.04 bits per heavy atom. The zero-order chi connectivity index (χ0) is 19.5. The van der Waals surface area contributed by atoms with Gasteiger partial charge in [0.15, 0.2) is 0 Å². The summed E-state index contributed by atoms with van der Waals surface area (Å²) in [4.78, 5) is 28.9. The minimum absolute atomic E-state index is 0.154. The lowest BCUT2D eigenvalue weighted by molar-refractivity contribution is 0.0949. The average Bonchev–Trinajstić information content (AvgIpc) is 3.09. The number of hydrogen-bond acceptors (Lipinski definition) is 4. The van der Waals surface area contributed by atoms with Crippen LogP contribution in [0.2, 0.25) is 0 Å². The first kappa shape index (κ1) is 18.2.